The van der Waals surface area contributed by atoms with Crippen molar-refractivity contribution in [3.05, 3.63) is 69.9 Å². The lowest BCUT2D eigenvalue weighted by Crippen LogP contribution is -2.39. The fraction of sp³-hybridized carbons (Fsp3) is 0.211. The van der Waals surface area contributed by atoms with Gasteiger partial charge in [-0.2, -0.15) is 0 Å². The summed E-state index contributed by atoms with van der Waals surface area (Å²) in [5.41, 5.74) is 1.85. The first-order valence-corrected chi connectivity index (χ1v) is 8.49. The third-order valence-electron chi connectivity index (χ3n) is 4.88. The lowest BCUT2D eigenvalue weighted by Gasteiger charge is -2.31. The largest absolute Gasteiger partial charge is 0.481 e. The number of rotatable bonds is 3. The highest BCUT2D eigenvalue weighted by Gasteiger charge is 2.35. The summed E-state index contributed by atoms with van der Waals surface area (Å²) in [4.78, 5) is 46.8. The van der Waals surface area contributed by atoms with Crippen LogP contribution in [0.15, 0.2) is 47.7 Å². The van der Waals surface area contributed by atoms with Crippen molar-refractivity contribution in [3.8, 4) is 0 Å². The fourth-order valence-electron chi connectivity index (χ4n) is 3.51. The molecule has 27 heavy (non-hydrogen) atoms. The first-order chi connectivity index (χ1) is 13.0. The zero-order valence-electron chi connectivity index (χ0n) is 14.2. The van der Waals surface area contributed by atoms with Crippen LogP contribution < -0.4 is 10.9 Å². The lowest BCUT2D eigenvalue weighted by molar-refractivity contribution is -0.143. The number of nitrogens with zero attached hydrogens (tertiary/aromatic N) is 2. The number of fused-ring (bicyclic) bond motifs is 2. The molecule has 2 heterocycles. The van der Waals surface area contributed by atoms with Crippen LogP contribution in [0.4, 0.5) is 0 Å². The van der Waals surface area contributed by atoms with Crippen LogP contribution in [0.1, 0.15) is 33.9 Å². The Balaban J connectivity index is 1.69. The van der Waals surface area contributed by atoms with Crippen molar-refractivity contribution >= 4 is 22.9 Å². The van der Waals surface area contributed by atoms with Crippen LogP contribution in [0.5, 0.6) is 0 Å². The highest BCUT2D eigenvalue weighted by atomic mass is 16.4. The van der Waals surface area contributed by atoms with Crippen molar-refractivity contribution in [3.63, 3.8) is 0 Å². The van der Waals surface area contributed by atoms with Crippen LogP contribution in [0, 0.1) is 5.92 Å². The summed E-state index contributed by atoms with van der Waals surface area (Å²) in [6, 6.07) is 8.25. The van der Waals surface area contributed by atoms with Gasteiger partial charge in [-0.25, -0.2) is 9.97 Å². The maximum absolute atomic E-state index is 12.8. The van der Waals surface area contributed by atoms with Gasteiger partial charge in [0.2, 0.25) is 0 Å². The molecule has 1 aromatic carbocycles. The van der Waals surface area contributed by atoms with E-state index in [-0.39, 0.29) is 16.6 Å². The van der Waals surface area contributed by atoms with E-state index in [1.165, 1.54) is 18.6 Å². The second kappa shape index (κ2) is 6.64. The van der Waals surface area contributed by atoms with E-state index in [9.17, 15) is 19.5 Å². The van der Waals surface area contributed by atoms with E-state index in [2.05, 4.69) is 20.3 Å². The topological polar surface area (TPSA) is 125 Å². The molecule has 3 N–H and O–H groups in total. The normalized spacial score (nSPS) is 18.7. The molecule has 2 aromatic heterocycles. The van der Waals surface area contributed by atoms with E-state index in [4.69, 9.17) is 0 Å². The molecule has 136 valence electrons. The van der Waals surface area contributed by atoms with Gasteiger partial charge in [0, 0.05) is 6.20 Å². The van der Waals surface area contributed by atoms with Crippen molar-refractivity contribution < 1.29 is 14.7 Å². The predicted octanol–water partition coefficient (Wildman–Crippen LogP) is 1.44. The number of nitrogens with one attached hydrogen (secondary N) is 2. The molecule has 2 atom stereocenters. The van der Waals surface area contributed by atoms with Gasteiger partial charge in [0.25, 0.3) is 11.5 Å². The number of carbonyl (C=O) groups is 2. The number of hydrogen-bond acceptors (Lipinski definition) is 5. The first-order valence-electron chi connectivity index (χ1n) is 8.49. The number of hydrogen-bond donors (Lipinski definition) is 3. The van der Waals surface area contributed by atoms with E-state index in [0.717, 1.165) is 11.1 Å². The standard InChI is InChI=1S/C19H16N4O4/c24-17(11-7-14-16(20-8-11)21-9-22-18(14)25)23-15-12-4-2-1-3-10(12)5-6-13(15)19(26)27/h1-4,7-9,13,15H,5-6H2,(H,23,24)(H,26,27)(H,20,21,22,25)/t13-,15+/m1/s1. The van der Waals surface area contributed by atoms with Crippen LogP contribution in [0.25, 0.3) is 11.0 Å². The van der Waals surface area contributed by atoms with Crippen LogP contribution >= 0.6 is 0 Å². The molecule has 0 saturated carbocycles. The Morgan fingerprint density at radius 3 is 2.85 bits per heavy atom. The maximum Gasteiger partial charge on any atom is 0.308 e. The number of carbonyl (C=O) groups excluding carboxylic acids is 1. The Morgan fingerprint density at radius 1 is 1.22 bits per heavy atom. The summed E-state index contributed by atoms with van der Waals surface area (Å²) in [7, 11) is 0. The molecule has 1 amide bonds. The van der Waals surface area contributed by atoms with E-state index < -0.39 is 29.4 Å². The summed E-state index contributed by atoms with van der Waals surface area (Å²) in [5.74, 6) is -2.16. The van der Waals surface area contributed by atoms with Gasteiger partial charge < -0.3 is 15.4 Å². The molecular weight excluding hydrogens is 348 g/mol. The first kappa shape index (κ1) is 16.9. The number of amides is 1. The van der Waals surface area contributed by atoms with Gasteiger partial charge in [-0.15, -0.1) is 0 Å². The predicted molar refractivity (Wildman–Crippen MR) is 96.3 cm³/mol. The van der Waals surface area contributed by atoms with Gasteiger partial charge in [-0.3, -0.25) is 14.4 Å². The van der Waals surface area contributed by atoms with Crippen LogP contribution in [-0.2, 0) is 11.2 Å². The second-order valence-corrected chi connectivity index (χ2v) is 6.46. The number of aryl methyl sites for hydroxylation is 1. The minimum absolute atomic E-state index is 0.174. The van der Waals surface area contributed by atoms with E-state index >= 15 is 0 Å². The third-order valence-corrected chi connectivity index (χ3v) is 4.88. The van der Waals surface area contributed by atoms with Gasteiger partial charge in [-0.05, 0) is 30.0 Å². The zero-order chi connectivity index (χ0) is 19.0. The smallest absolute Gasteiger partial charge is 0.308 e. The molecule has 8 heteroatoms. The minimum Gasteiger partial charge on any atom is -0.481 e. The number of aromatic nitrogens is 3. The fourth-order valence-corrected chi connectivity index (χ4v) is 3.51. The average Bonchev–Trinajstić information content (AvgIpc) is 2.68. The summed E-state index contributed by atoms with van der Waals surface area (Å²) in [6.07, 6.45) is 3.66. The molecule has 0 saturated heterocycles. The average molecular weight is 364 g/mol. The molecule has 0 radical (unpaired) electrons. The molecule has 4 rings (SSSR count). The third kappa shape index (κ3) is 3.05. The number of aromatic amines is 1. The molecule has 8 nitrogen and oxygen atoms in total. The van der Waals surface area contributed by atoms with Crippen molar-refractivity contribution in [2.24, 2.45) is 5.92 Å². The minimum atomic E-state index is -0.952. The van der Waals surface area contributed by atoms with Crippen molar-refractivity contribution in [2.45, 2.75) is 18.9 Å². The summed E-state index contributed by atoms with van der Waals surface area (Å²) >= 11 is 0. The van der Waals surface area contributed by atoms with Crippen LogP contribution in [0.2, 0.25) is 0 Å². The monoisotopic (exact) mass is 364 g/mol. The molecule has 0 fully saturated rings. The number of carboxylic acids is 1. The van der Waals surface area contributed by atoms with Gasteiger partial charge in [0.1, 0.15) is 0 Å². The molecule has 1 aliphatic carbocycles. The van der Waals surface area contributed by atoms with Crippen molar-refractivity contribution in [1.82, 2.24) is 20.3 Å². The number of pyridine rings is 1. The number of H-pyrrole nitrogens is 1. The molecule has 1 aliphatic rings. The van der Waals surface area contributed by atoms with Gasteiger partial charge in [0.05, 0.1) is 29.2 Å². The Labute approximate surface area is 153 Å². The van der Waals surface area contributed by atoms with Gasteiger partial charge >= 0.3 is 5.97 Å². The molecular formula is C19H16N4O4. The SMILES string of the molecule is O=C(N[C@H]1c2ccccc2CC[C@H]1C(=O)O)c1cnc2nc[nH]c(=O)c2c1. The van der Waals surface area contributed by atoms with Crippen LogP contribution in [0.3, 0.4) is 0 Å². The van der Waals surface area contributed by atoms with Gasteiger partial charge in [0.15, 0.2) is 5.65 Å². The maximum atomic E-state index is 12.8. The van der Waals surface area contributed by atoms with E-state index in [0.29, 0.717) is 12.8 Å². The molecule has 3 aromatic rings. The number of carboxylic acid groups (broad SMARTS) is 1. The number of benzene rings is 1. The van der Waals surface area contributed by atoms with Crippen molar-refractivity contribution in [1.29, 1.82) is 0 Å². The number of aliphatic carboxylic acids is 1. The Bertz CT molecular complexity index is 1110. The molecule has 0 bridgehead atoms. The Kier molecular flexibility index (Phi) is 4.15. The lowest BCUT2D eigenvalue weighted by atomic mass is 9.79. The highest BCUT2D eigenvalue weighted by molar-refractivity contribution is 5.97. The second-order valence-electron chi connectivity index (χ2n) is 6.46. The summed E-state index contributed by atoms with van der Waals surface area (Å²) < 4.78 is 0. The molecule has 0 spiro atoms. The Hall–Kier alpha value is -3.55. The quantitative estimate of drug-likeness (QED) is 0.646. The summed E-state index contributed by atoms with van der Waals surface area (Å²) in [5, 5.41) is 12.6. The highest BCUT2D eigenvalue weighted by Crippen LogP contribution is 2.34. The van der Waals surface area contributed by atoms with Crippen molar-refractivity contribution in [2.75, 3.05) is 0 Å². The zero-order valence-corrected chi connectivity index (χ0v) is 14.2. The van der Waals surface area contributed by atoms with E-state index in [1.807, 2.05) is 24.3 Å². The summed E-state index contributed by atoms with van der Waals surface area (Å²) in [6.45, 7) is 0. The van der Waals surface area contributed by atoms with Gasteiger partial charge in [-0.1, -0.05) is 24.3 Å². The Morgan fingerprint density at radius 2 is 2.04 bits per heavy atom. The molecule has 0 unspecified atom stereocenters. The van der Waals surface area contributed by atoms with E-state index in [1.54, 1.807) is 0 Å². The van der Waals surface area contributed by atoms with Crippen LogP contribution in [-0.4, -0.2) is 31.9 Å². The molecule has 0 aliphatic heterocycles.